The smallest absolute Gasteiger partial charge is 0.241 e. The molecule has 2 rings (SSSR count). The monoisotopic (exact) mass is 308 g/mol. The number of carbonyl (C=O) groups excluding carboxylic acids is 1. The molecule has 4 nitrogen and oxygen atoms in total. The molecule has 1 aliphatic heterocycles. The molecule has 21 heavy (non-hydrogen) atoms. The lowest BCUT2D eigenvalue weighted by Gasteiger charge is -2.20. The summed E-state index contributed by atoms with van der Waals surface area (Å²) in [6.45, 7) is 2.71. The molecule has 1 N–H and O–H groups in total. The van der Waals surface area contributed by atoms with Gasteiger partial charge in [0.15, 0.2) is 0 Å². The molecule has 0 spiro atoms. The zero-order chi connectivity index (χ0) is 15.2. The minimum atomic E-state index is -0.783. The second kappa shape index (κ2) is 7.71. The van der Waals surface area contributed by atoms with Gasteiger partial charge in [0.25, 0.3) is 0 Å². The number of benzene rings is 1. The van der Waals surface area contributed by atoms with Crippen LogP contribution in [0, 0.1) is 0 Å². The molecule has 0 aromatic heterocycles. The maximum Gasteiger partial charge on any atom is 0.241 e. The van der Waals surface area contributed by atoms with E-state index in [0.717, 1.165) is 19.3 Å². The number of aryl methyl sites for hydroxylation is 1. The third-order valence-corrected chi connectivity index (χ3v) is 4.75. The highest BCUT2D eigenvalue weighted by Crippen LogP contribution is 2.16. The first-order chi connectivity index (χ1) is 10.1. The molecule has 116 valence electrons. The summed E-state index contributed by atoms with van der Waals surface area (Å²) in [6.07, 6.45) is 4.30. The predicted octanol–water partition coefficient (Wildman–Crippen LogP) is 1.53. The fraction of sp³-hybridized carbons (Fsp3) is 0.562. The predicted molar refractivity (Wildman–Crippen MR) is 86.4 cm³/mol. The molecule has 3 atom stereocenters. The van der Waals surface area contributed by atoms with Crippen molar-refractivity contribution in [1.29, 1.82) is 0 Å². The molecule has 1 aromatic carbocycles. The Morgan fingerprint density at radius 2 is 2.00 bits per heavy atom. The van der Waals surface area contributed by atoms with Crippen LogP contribution in [0.25, 0.3) is 0 Å². The lowest BCUT2D eigenvalue weighted by Crippen LogP contribution is -2.35. The molecule has 0 radical (unpaired) electrons. The molecule has 1 heterocycles. The average Bonchev–Trinajstić information content (AvgIpc) is 2.73. The van der Waals surface area contributed by atoms with Crippen molar-refractivity contribution in [2.75, 3.05) is 18.6 Å². The van der Waals surface area contributed by atoms with Crippen molar-refractivity contribution >= 4 is 16.7 Å². The Hall–Kier alpha value is -1.20. The van der Waals surface area contributed by atoms with Gasteiger partial charge in [0, 0.05) is 29.4 Å². The van der Waals surface area contributed by atoms with E-state index < -0.39 is 10.8 Å². The Kier molecular flexibility index (Phi) is 5.94. The summed E-state index contributed by atoms with van der Waals surface area (Å²) in [6, 6.07) is 10.2. The first kappa shape index (κ1) is 16.2. The summed E-state index contributed by atoms with van der Waals surface area (Å²) in [4.78, 5) is 14.3. The highest BCUT2D eigenvalue weighted by Gasteiger charge is 2.35. The van der Waals surface area contributed by atoms with Crippen LogP contribution in [0.4, 0.5) is 0 Å². The van der Waals surface area contributed by atoms with Crippen molar-refractivity contribution in [3.05, 3.63) is 35.9 Å². The molecular weight excluding hydrogens is 284 g/mol. The number of carbonyl (C=O) groups is 1. The van der Waals surface area contributed by atoms with Crippen LogP contribution in [0.5, 0.6) is 0 Å². The Morgan fingerprint density at radius 1 is 1.29 bits per heavy atom. The van der Waals surface area contributed by atoms with Gasteiger partial charge < -0.3 is 4.90 Å². The lowest BCUT2D eigenvalue weighted by molar-refractivity contribution is -0.129. The van der Waals surface area contributed by atoms with Crippen molar-refractivity contribution in [2.45, 2.75) is 38.4 Å². The summed E-state index contributed by atoms with van der Waals surface area (Å²) in [5, 5.41) is 3.36. The summed E-state index contributed by atoms with van der Waals surface area (Å²) < 4.78 is 11.1. The number of nitrogens with one attached hydrogen (secondary N) is 1. The number of amides is 1. The van der Waals surface area contributed by atoms with Crippen molar-refractivity contribution in [3.63, 3.8) is 0 Å². The molecule has 1 fully saturated rings. The average molecular weight is 308 g/mol. The largest absolute Gasteiger partial charge is 0.326 e. The van der Waals surface area contributed by atoms with E-state index in [9.17, 15) is 9.00 Å². The Bertz CT molecular complexity index is 492. The van der Waals surface area contributed by atoms with Gasteiger partial charge in [0.1, 0.15) is 0 Å². The fourth-order valence-corrected chi connectivity index (χ4v) is 3.28. The number of rotatable bonds is 7. The fourth-order valence-electron chi connectivity index (χ4n) is 2.75. The van der Waals surface area contributed by atoms with Crippen molar-refractivity contribution < 1.29 is 9.00 Å². The minimum Gasteiger partial charge on any atom is -0.326 e. The first-order valence-corrected chi connectivity index (χ1v) is 9.21. The Morgan fingerprint density at radius 3 is 2.67 bits per heavy atom. The van der Waals surface area contributed by atoms with E-state index in [2.05, 4.69) is 17.4 Å². The second-order valence-corrected chi connectivity index (χ2v) is 7.14. The van der Waals surface area contributed by atoms with Gasteiger partial charge in [-0.15, -0.1) is 0 Å². The highest BCUT2D eigenvalue weighted by atomic mass is 32.2. The van der Waals surface area contributed by atoms with Gasteiger partial charge in [0.05, 0.1) is 12.2 Å². The second-order valence-electron chi connectivity index (χ2n) is 5.58. The molecule has 0 aliphatic carbocycles. The van der Waals surface area contributed by atoms with E-state index in [4.69, 9.17) is 0 Å². The van der Waals surface area contributed by atoms with E-state index in [1.807, 2.05) is 30.0 Å². The van der Waals surface area contributed by atoms with Crippen molar-refractivity contribution in [3.8, 4) is 0 Å². The van der Waals surface area contributed by atoms with Crippen LogP contribution in [0.3, 0.4) is 0 Å². The minimum absolute atomic E-state index is 0.0727. The maximum atomic E-state index is 12.4. The number of nitrogens with zero attached hydrogens (tertiary/aromatic N) is 1. The van der Waals surface area contributed by atoms with Crippen LogP contribution in [0.15, 0.2) is 30.3 Å². The van der Waals surface area contributed by atoms with E-state index in [1.165, 1.54) is 5.56 Å². The van der Waals surface area contributed by atoms with Gasteiger partial charge in [-0.1, -0.05) is 30.3 Å². The van der Waals surface area contributed by atoms with E-state index >= 15 is 0 Å². The summed E-state index contributed by atoms with van der Waals surface area (Å²) in [5.74, 6) is 0.839. The van der Waals surface area contributed by atoms with E-state index in [-0.39, 0.29) is 18.1 Å². The van der Waals surface area contributed by atoms with Gasteiger partial charge in [-0.25, -0.2) is 0 Å². The van der Waals surface area contributed by atoms with Crippen molar-refractivity contribution in [1.82, 2.24) is 10.2 Å². The Balaban J connectivity index is 1.83. The Labute approximate surface area is 129 Å². The van der Waals surface area contributed by atoms with Gasteiger partial charge in [-0.3, -0.25) is 14.3 Å². The van der Waals surface area contributed by atoms with Crippen LogP contribution < -0.4 is 5.32 Å². The highest BCUT2D eigenvalue weighted by molar-refractivity contribution is 7.84. The normalized spacial score (nSPS) is 23.5. The van der Waals surface area contributed by atoms with Gasteiger partial charge in [-0.2, -0.15) is 0 Å². The molecule has 1 aromatic rings. The van der Waals surface area contributed by atoms with Crippen molar-refractivity contribution in [2.24, 2.45) is 0 Å². The topological polar surface area (TPSA) is 49.4 Å². The third kappa shape index (κ3) is 4.64. The van der Waals surface area contributed by atoms with Gasteiger partial charge in [0.2, 0.25) is 5.91 Å². The molecular formula is C16H24N2O2S. The maximum absolute atomic E-state index is 12.4. The molecule has 1 amide bonds. The third-order valence-electron chi connectivity index (χ3n) is 3.89. The van der Waals surface area contributed by atoms with Crippen LogP contribution >= 0.6 is 0 Å². The summed E-state index contributed by atoms with van der Waals surface area (Å²) in [7, 11) is -0.783. The number of hydrogen-bond donors (Lipinski definition) is 1. The van der Waals surface area contributed by atoms with E-state index in [0.29, 0.717) is 12.3 Å². The zero-order valence-corrected chi connectivity index (χ0v) is 13.6. The van der Waals surface area contributed by atoms with Crippen LogP contribution in [0.1, 0.15) is 25.3 Å². The van der Waals surface area contributed by atoms with Crippen LogP contribution in [-0.4, -0.2) is 45.8 Å². The lowest BCUT2D eigenvalue weighted by atomic mass is 10.1. The SMILES string of the molecule is CC1NC(CCc2ccccc2)C(=O)N1CCCS(C)=O. The zero-order valence-electron chi connectivity index (χ0n) is 12.7. The summed E-state index contributed by atoms with van der Waals surface area (Å²) in [5.41, 5.74) is 1.26. The quantitative estimate of drug-likeness (QED) is 0.831. The molecule has 3 unspecified atom stereocenters. The van der Waals surface area contributed by atoms with Crippen LogP contribution in [-0.2, 0) is 22.0 Å². The molecule has 1 saturated heterocycles. The summed E-state index contributed by atoms with van der Waals surface area (Å²) >= 11 is 0. The standard InChI is InChI=1S/C16H24N2O2S/c1-13-17-15(10-9-14-7-4-3-5-8-14)16(19)18(13)11-6-12-21(2)20/h3-5,7-8,13,15,17H,6,9-12H2,1-2H3. The van der Waals surface area contributed by atoms with E-state index in [1.54, 1.807) is 6.26 Å². The molecule has 0 bridgehead atoms. The van der Waals surface area contributed by atoms with Gasteiger partial charge in [-0.05, 0) is 31.7 Å². The molecule has 1 aliphatic rings. The molecule has 0 saturated carbocycles. The first-order valence-electron chi connectivity index (χ1n) is 7.48. The molecule has 5 heteroatoms. The van der Waals surface area contributed by atoms with Gasteiger partial charge >= 0.3 is 0 Å². The van der Waals surface area contributed by atoms with Crippen LogP contribution in [0.2, 0.25) is 0 Å². The number of hydrogen-bond acceptors (Lipinski definition) is 3.